The summed E-state index contributed by atoms with van der Waals surface area (Å²) in [5.74, 6) is 0.188. The molecule has 0 atom stereocenters. The lowest BCUT2D eigenvalue weighted by Gasteiger charge is -2.32. The van der Waals surface area contributed by atoms with Crippen LogP contribution in [0.25, 0.3) is 0 Å². The lowest BCUT2D eigenvalue weighted by Crippen LogP contribution is -2.45. The van der Waals surface area contributed by atoms with Gasteiger partial charge in [0.05, 0.1) is 12.1 Å². The molecular weight excluding hydrogens is 300 g/mol. The third-order valence-corrected chi connectivity index (χ3v) is 4.24. The molecule has 0 fully saturated rings. The molecule has 114 valence electrons. The molecule has 0 spiro atoms. The Morgan fingerprint density at radius 2 is 2.14 bits per heavy atom. The van der Waals surface area contributed by atoms with Crippen molar-refractivity contribution in [1.82, 2.24) is 0 Å². The monoisotopic (exact) mass is 316 g/mol. The third-order valence-electron chi connectivity index (χ3n) is 3.37. The minimum atomic E-state index is -0.924. The van der Waals surface area contributed by atoms with Crippen molar-refractivity contribution >= 4 is 34.5 Å². The number of rotatable bonds is 3. The quantitative estimate of drug-likeness (QED) is 0.914. The van der Waals surface area contributed by atoms with Gasteiger partial charge in [-0.25, -0.2) is 0 Å². The van der Waals surface area contributed by atoms with E-state index >= 15 is 0 Å². The molecular formula is C16H16N2O3S. The first kappa shape index (κ1) is 14.6. The van der Waals surface area contributed by atoms with Gasteiger partial charge in [-0.2, -0.15) is 0 Å². The van der Waals surface area contributed by atoms with Crippen molar-refractivity contribution in [1.29, 1.82) is 0 Å². The van der Waals surface area contributed by atoms with Crippen molar-refractivity contribution in [2.75, 3.05) is 10.6 Å². The van der Waals surface area contributed by atoms with E-state index in [0.29, 0.717) is 23.5 Å². The maximum atomic E-state index is 12.1. The van der Waals surface area contributed by atoms with Crippen molar-refractivity contribution in [3.05, 3.63) is 40.6 Å². The number of carbonyl (C=O) groups is 2. The fourth-order valence-corrected chi connectivity index (χ4v) is 2.90. The van der Waals surface area contributed by atoms with Crippen LogP contribution in [0.2, 0.25) is 0 Å². The molecule has 0 saturated carbocycles. The number of fused-ring (bicyclic) bond motifs is 1. The van der Waals surface area contributed by atoms with Crippen molar-refractivity contribution in [3.8, 4) is 5.75 Å². The molecule has 0 aliphatic carbocycles. The number of anilines is 2. The number of hydrogen-bond acceptors (Lipinski definition) is 4. The zero-order chi connectivity index (χ0) is 15.7. The fraction of sp³-hybridized carbons (Fsp3) is 0.250. The first-order valence-corrected chi connectivity index (χ1v) is 7.79. The van der Waals surface area contributed by atoms with E-state index < -0.39 is 5.60 Å². The molecule has 5 nitrogen and oxygen atoms in total. The zero-order valence-electron chi connectivity index (χ0n) is 12.3. The van der Waals surface area contributed by atoms with Gasteiger partial charge in [-0.05, 0) is 37.4 Å². The van der Waals surface area contributed by atoms with E-state index in [1.807, 2.05) is 17.5 Å². The van der Waals surface area contributed by atoms with Gasteiger partial charge in [-0.3, -0.25) is 9.59 Å². The van der Waals surface area contributed by atoms with E-state index in [9.17, 15) is 9.59 Å². The Hall–Kier alpha value is -2.34. The van der Waals surface area contributed by atoms with Gasteiger partial charge < -0.3 is 15.4 Å². The van der Waals surface area contributed by atoms with Gasteiger partial charge in [0.25, 0.3) is 5.91 Å². The maximum Gasteiger partial charge on any atom is 0.268 e. The van der Waals surface area contributed by atoms with Crippen LogP contribution in [0.3, 0.4) is 0 Å². The normalized spacial score (nSPS) is 15.5. The van der Waals surface area contributed by atoms with Gasteiger partial charge >= 0.3 is 0 Å². The van der Waals surface area contributed by atoms with Crippen molar-refractivity contribution in [3.63, 3.8) is 0 Å². The van der Waals surface area contributed by atoms with Crippen LogP contribution in [0, 0.1) is 0 Å². The number of amides is 2. The first-order chi connectivity index (χ1) is 10.5. The Labute approximate surface area is 132 Å². The predicted octanol–water partition coefficient (Wildman–Crippen LogP) is 3.04. The summed E-state index contributed by atoms with van der Waals surface area (Å²) in [6, 6.07) is 9.12. The summed E-state index contributed by atoms with van der Waals surface area (Å²) in [4.78, 5) is 25.1. The van der Waals surface area contributed by atoms with E-state index in [2.05, 4.69) is 10.6 Å². The Morgan fingerprint density at radius 1 is 1.32 bits per heavy atom. The molecule has 6 heteroatoms. The van der Waals surface area contributed by atoms with E-state index in [1.165, 1.54) is 11.3 Å². The van der Waals surface area contributed by atoms with Gasteiger partial charge in [0.2, 0.25) is 5.91 Å². The first-order valence-electron chi connectivity index (χ1n) is 6.91. The average Bonchev–Trinajstić information content (AvgIpc) is 2.93. The van der Waals surface area contributed by atoms with Crippen LogP contribution in [0.5, 0.6) is 5.75 Å². The molecule has 22 heavy (non-hydrogen) atoms. The summed E-state index contributed by atoms with van der Waals surface area (Å²) in [5, 5.41) is 7.57. The summed E-state index contributed by atoms with van der Waals surface area (Å²) in [5.41, 5.74) is 0.126. The molecule has 2 N–H and O–H groups in total. The number of nitrogens with one attached hydrogen (secondary N) is 2. The fourth-order valence-electron chi connectivity index (χ4n) is 2.20. The lowest BCUT2D eigenvalue weighted by atomic mass is 10.1. The minimum absolute atomic E-state index is 0.130. The second-order valence-corrected chi connectivity index (χ2v) is 6.58. The van der Waals surface area contributed by atoms with Gasteiger partial charge in [-0.1, -0.05) is 12.1 Å². The Balaban J connectivity index is 1.81. The summed E-state index contributed by atoms with van der Waals surface area (Å²) in [7, 11) is 0. The Morgan fingerprint density at radius 3 is 2.86 bits per heavy atom. The molecule has 0 unspecified atom stereocenters. The van der Waals surface area contributed by atoms with Crippen molar-refractivity contribution < 1.29 is 14.3 Å². The van der Waals surface area contributed by atoms with Crippen LogP contribution < -0.4 is 15.4 Å². The number of benzene rings is 1. The van der Waals surface area contributed by atoms with Crippen molar-refractivity contribution in [2.24, 2.45) is 0 Å². The van der Waals surface area contributed by atoms with Crippen LogP contribution in [-0.2, 0) is 16.0 Å². The number of thiophene rings is 1. The molecule has 1 aromatic heterocycles. The molecule has 1 aliphatic heterocycles. The zero-order valence-corrected chi connectivity index (χ0v) is 13.1. The predicted molar refractivity (Wildman–Crippen MR) is 86.4 cm³/mol. The molecule has 3 rings (SSSR count). The smallest absolute Gasteiger partial charge is 0.268 e. The average molecular weight is 316 g/mol. The maximum absolute atomic E-state index is 12.1. The Kier molecular flexibility index (Phi) is 3.62. The third kappa shape index (κ3) is 2.82. The van der Waals surface area contributed by atoms with E-state index in [0.717, 1.165) is 4.88 Å². The molecule has 1 aliphatic rings. The van der Waals surface area contributed by atoms with Gasteiger partial charge in [0, 0.05) is 4.88 Å². The minimum Gasteiger partial charge on any atom is -0.476 e. The van der Waals surface area contributed by atoms with Crippen LogP contribution >= 0.6 is 11.3 Å². The van der Waals surface area contributed by atoms with Gasteiger partial charge in [0.1, 0.15) is 11.4 Å². The second-order valence-electron chi connectivity index (χ2n) is 5.55. The van der Waals surface area contributed by atoms with E-state index in [-0.39, 0.29) is 11.8 Å². The highest BCUT2D eigenvalue weighted by molar-refractivity contribution is 7.10. The summed E-state index contributed by atoms with van der Waals surface area (Å²) in [6.45, 7) is 3.40. The Bertz CT molecular complexity index is 723. The van der Waals surface area contributed by atoms with Crippen LogP contribution in [0.15, 0.2) is 35.7 Å². The SMILES string of the molecule is CC1(C)Oc2cccc(NC(=O)Cc3cccs3)c2NC1=O. The van der Waals surface area contributed by atoms with E-state index in [4.69, 9.17) is 4.74 Å². The van der Waals surface area contributed by atoms with Crippen molar-refractivity contribution in [2.45, 2.75) is 25.9 Å². The number of ether oxygens (including phenoxy) is 1. The van der Waals surface area contributed by atoms with Crippen LogP contribution in [-0.4, -0.2) is 17.4 Å². The summed E-state index contributed by atoms with van der Waals surface area (Å²) < 4.78 is 5.70. The molecule has 2 heterocycles. The van der Waals surface area contributed by atoms with E-state index in [1.54, 1.807) is 32.0 Å². The van der Waals surface area contributed by atoms with Crippen LogP contribution in [0.4, 0.5) is 11.4 Å². The number of para-hydroxylation sites is 1. The molecule has 1 aromatic carbocycles. The molecule has 2 aromatic rings. The molecule has 0 saturated heterocycles. The second kappa shape index (κ2) is 5.46. The lowest BCUT2D eigenvalue weighted by molar-refractivity contribution is -0.129. The molecule has 0 radical (unpaired) electrons. The van der Waals surface area contributed by atoms with Crippen LogP contribution in [0.1, 0.15) is 18.7 Å². The standard InChI is InChI=1S/C16H16N2O3S/c1-16(2)15(20)18-14-11(6-3-7-12(14)21-16)17-13(19)9-10-5-4-8-22-10/h3-8H,9H2,1-2H3,(H,17,19)(H,18,20). The van der Waals surface area contributed by atoms with Gasteiger partial charge in [0.15, 0.2) is 5.60 Å². The summed E-state index contributed by atoms with van der Waals surface area (Å²) in [6.07, 6.45) is 0.307. The number of hydrogen-bond donors (Lipinski definition) is 2. The number of carbonyl (C=O) groups excluding carboxylic acids is 2. The topological polar surface area (TPSA) is 67.4 Å². The highest BCUT2D eigenvalue weighted by Gasteiger charge is 2.36. The molecule has 0 bridgehead atoms. The molecule has 2 amide bonds. The largest absolute Gasteiger partial charge is 0.476 e. The van der Waals surface area contributed by atoms with Gasteiger partial charge in [-0.15, -0.1) is 11.3 Å². The highest BCUT2D eigenvalue weighted by Crippen LogP contribution is 2.38. The summed E-state index contributed by atoms with van der Waals surface area (Å²) >= 11 is 1.54. The highest BCUT2D eigenvalue weighted by atomic mass is 32.1.